The van der Waals surface area contributed by atoms with Crippen molar-refractivity contribution in [2.45, 2.75) is 58.8 Å². The fraction of sp³-hybridized carbons (Fsp3) is 0.909. The van der Waals surface area contributed by atoms with E-state index in [0.29, 0.717) is 0 Å². The molecule has 0 aliphatic rings. The number of unbranched alkanes of at least 4 members (excludes halogenated alkanes) is 3. The Bertz CT molecular complexity index is 99.2. The number of rotatable bonds is 8. The molecule has 0 fully saturated rings. The normalized spacial score (nSPS) is 12.8. The standard InChI is InChI=1S/C11H22O/c1-3-8-11(2)9-6-4-5-7-10-12/h10-11H,3-9H2,1-2H3. The highest BCUT2D eigenvalue weighted by Crippen LogP contribution is 2.14. The van der Waals surface area contributed by atoms with Crippen molar-refractivity contribution >= 4 is 6.29 Å². The molecule has 0 aromatic heterocycles. The van der Waals surface area contributed by atoms with Gasteiger partial charge in [0.1, 0.15) is 6.29 Å². The lowest BCUT2D eigenvalue weighted by Gasteiger charge is -2.08. The molecule has 0 heterocycles. The van der Waals surface area contributed by atoms with Crippen LogP contribution >= 0.6 is 0 Å². The summed E-state index contributed by atoms with van der Waals surface area (Å²) in [5.74, 6) is 0.881. The summed E-state index contributed by atoms with van der Waals surface area (Å²) in [4.78, 5) is 10.0. The van der Waals surface area contributed by atoms with Gasteiger partial charge in [0.05, 0.1) is 0 Å². The first-order chi connectivity index (χ1) is 5.81. The van der Waals surface area contributed by atoms with Crippen LogP contribution in [-0.2, 0) is 4.79 Å². The second-order valence-corrected chi connectivity index (χ2v) is 3.70. The molecule has 0 amide bonds. The van der Waals surface area contributed by atoms with Gasteiger partial charge in [-0.15, -0.1) is 0 Å². The van der Waals surface area contributed by atoms with Crippen molar-refractivity contribution in [3.05, 3.63) is 0 Å². The maximum atomic E-state index is 10.0. The van der Waals surface area contributed by atoms with Crippen LogP contribution in [0, 0.1) is 5.92 Å². The molecule has 0 bridgehead atoms. The van der Waals surface area contributed by atoms with E-state index < -0.39 is 0 Å². The van der Waals surface area contributed by atoms with Gasteiger partial charge in [-0.25, -0.2) is 0 Å². The Morgan fingerprint density at radius 3 is 2.50 bits per heavy atom. The zero-order chi connectivity index (χ0) is 9.23. The predicted octanol–water partition coefficient (Wildman–Crippen LogP) is 3.57. The third kappa shape index (κ3) is 7.77. The maximum Gasteiger partial charge on any atom is 0.119 e. The van der Waals surface area contributed by atoms with Crippen molar-refractivity contribution in [3.8, 4) is 0 Å². The number of aldehydes is 1. The Kier molecular flexibility index (Phi) is 8.52. The molecule has 0 saturated heterocycles. The topological polar surface area (TPSA) is 17.1 Å². The number of carbonyl (C=O) groups is 1. The van der Waals surface area contributed by atoms with Gasteiger partial charge < -0.3 is 4.79 Å². The molecule has 0 spiro atoms. The second-order valence-electron chi connectivity index (χ2n) is 3.70. The fourth-order valence-electron chi connectivity index (χ4n) is 1.53. The lowest BCUT2D eigenvalue weighted by molar-refractivity contribution is -0.107. The summed E-state index contributed by atoms with van der Waals surface area (Å²) in [7, 11) is 0. The SMILES string of the molecule is CCCC(C)CCCCCC=O. The molecule has 1 atom stereocenters. The minimum absolute atomic E-state index is 0.752. The summed E-state index contributed by atoms with van der Waals surface area (Å²) < 4.78 is 0. The molecule has 0 aromatic rings. The molecule has 0 aromatic carbocycles. The van der Waals surface area contributed by atoms with Crippen molar-refractivity contribution in [1.82, 2.24) is 0 Å². The van der Waals surface area contributed by atoms with Crippen molar-refractivity contribution < 1.29 is 4.79 Å². The Morgan fingerprint density at radius 1 is 1.17 bits per heavy atom. The molecule has 0 aliphatic heterocycles. The van der Waals surface area contributed by atoms with Crippen molar-refractivity contribution in [3.63, 3.8) is 0 Å². The fourth-order valence-corrected chi connectivity index (χ4v) is 1.53. The average Bonchev–Trinajstić information content (AvgIpc) is 2.05. The molecule has 0 N–H and O–H groups in total. The third-order valence-corrected chi connectivity index (χ3v) is 2.30. The number of carbonyl (C=O) groups excluding carboxylic acids is 1. The summed E-state index contributed by atoms with van der Waals surface area (Å²) >= 11 is 0. The molecule has 0 saturated carbocycles. The van der Waals surface area contributed by atoms with E-state index in [9.17, 15) is 4.79 Å². The lowest BCUT2D eigenvalue weighted by Crippen LogP contribution is -1.93. The zero-order valence-corrected chi connectivity index (χ0v) is 8.51. The van der Waals surface area contributed by atoms with E-state index in [-0.39, 0.29) is 0 Å². The number of hydrogen-bond acceptors (Lipinski definition) is 1. The number of hydrogen-bond donors (Lipinski definition) is 0. The van der Waals surface area contributed by atoms with Crippen molar-refractivity contribution in [1.29, 1.82) is 0 Å². The van der Waals surface area contributed by atoms with Gasteiger partial charge in [0, 0.05) is 6.42 Å². The van der Waals surface area contributed by atoms with E-state index in [1.54, 1.807) is 0 Å². The van der Waals surface area contributed by atoms with Crippen LogP contribution in [0.4, 0.5) is 0 Å². The first-order valence-corrected chi connectivity index (χ1v) is 5.24. The van der Waals surface area contributed by atoms with E-state index >= 15 is 0 Å². The quantitative estimate of drug-likeness (QED) is 0.402. The van der Waals surface area contributed by atoms with Gasteiger partial charge in [0.15, 0.2) is 0 Å². The minimum atomic E-state index is 0.752. The molecule has 1 unspecified atom stereocenters. The van der Waals surface area contributed by atoms with E-state index in [2.05, 4.69) is 13.8 Å². The first kappa shape index (κ1) is 11.7. The third-order valence-electron chi connectivity index (χ3n) is 2.30. The summed E-state index contributed by atoms with van der Waals surface area (Å²) in [5.41, 5.74) is 0. The summed E-state index contributed by atoms with van der Waals surface area (Å²) in [6.45, 7) is 4.56. The molecule has 72 valence electrons. The van der Waals surface area contributed by atoms with Crippen LogP contribution in [0.2, 0.25) is 0 Å². The maximum absolute atomic E-state index is 10.0. The molecule has 1 nitrogen and oxygen atoms in total. The average molecular weight is 170 g/mol. The van der Waals surface area contributed by atoms with E-state index in [0.717, 1.165) is 25.0 Å². The van der Waals surface area contributed by atoms with Crippen LogP contribution < -0.4 is 0 Å². The van der Waals surface area contributed by atoms with Crippen molar-refractivity contribution in [2.75, 3.05) is 0 Å². The first-order valence-electron chi connectivity index (χ1n) is 5.24. The van der Waals surface area contributed by atoms with E-state index in [4.69, 9.17) is 0 Å². The Balaban J connectivity index is 3.02. The highest BCUT2D eigenvalue weighted by molar-refractivity contribution is 5.48. The van der Waals surface area contributed by atoms with Crippen molar-refractivity contribution in [2.24, 2.45) is 5.92 Å². The molecule has 1 heteroatoms. The monoisotopic (exact) mass is 170 g/mol. The molecule has 12 heavy (non-hydrogen) atoms. The van der Waals surface area contributed by atoms with Crippen LogP contribution in [0.5, 0.6) is 0 Å². The van der Waals surface area contributed by atoms with Crippen LogP contribution in [0.1, 0.15) is 58.8 Å². The molecule has 0 rings (SSSR count). The Labute approximate surface area is 76.6 Å². The van der Waals surface area contributed by atoms with Gasteiger partial charge >= 0.3 is 0 Å². The van der Waals surface area contributed by atoms with Crippen LogP contribution in [0.3, 0.4) is 0 Å². The molecule has 0 radical (unpaired) electrons. The van der Waals surface area contributed by atoms with Crippen LogP contribution in [0.15, 0.2) is 0 Å². The summed E-state index contributed by atoms with van der Waals surface area (Å²) in [6.07, 6.45) is 9.39. The van der Waals surface area contributed by atoms with E-state index in [1.165, 1.54) is 32.1 Å². The predicted molar refractivity (Wildman–Crippen MR) is 53.2 cm³/mol. The van der Waals surface area contributed by atoms with Gasteiger partial charge in [-0.3, -0.25) is 0 Å². The molecular weight excluding hydrogens is 148 g/mol. The minimum Gasteiger partial charge on any atom is -0.303 e. The zero-order valence-electron chi connectivity index (χ0n) is 8.51. The van der Waals surface area contributed by atoms with Gasteiger partial charge in [-0.1, -0.05) is 46.0 Å². The lowest BCUT2D eigenvalue weighted by atomic mass is 9.98. The molecule has 0 aliphatic carbocycles. The second kappa shape index (κ2) is 8.76. The Hall–Kier alpha value is -0.330. The van der Waals surface area contributed by atoms with Gasteiger partial charge in [0.2, 0.25) is 0 Å². The highest BCUT2D eigenvalue weighted by Gasteiger charge is 1.99. The van der Waals surface area contributed by atoms with Gasteiger partial charge in [-0.2, -0.15) is 0 Å². The summed E-state index contributed by atoms with van der Waals surface area (Å²) in [5, 5.41) is 0. The van der Waals surface area contributed by atoms with E-state index in [1.807, 2.05) is 0 Å². The van der Waals surface area contributed by atoms with Crippen LogP contribution in [0.25, 0.3) is 0 Å². The Morgan fingerprint density at radius 2 is 1.92 bits per heavy atom. The highest BCUT2D eigenvalue weighted by atomic mass is 16.1. The smallest absolute Gasteiger partial charge is 0.119 e. The summed E-state index contributed by atoms with van der Waals surface area (Å²) in [6, 6.07) is 0. The molecular formula is C11H22O. The van der Waals surface area contributed by atoms with Crippen LogP contribution in [-0.4, -0.2) is 6.29 Å². The van der Waals surface area contributed by atoms with Gasteiger partial charge in [-0.05, 0) is 12.3 Å². The largest absolute Gasteiger partial charge is 0.303 e. The van der Waals surface area contributed by atoms with Gasteiger partial charge in [0.25, 0.3) is 0 Å².